The Kier molecular flexibility index (Phi) is 6.61. The maximum absolute atomic E-state index is 12.3. The number of benzene rings is 2. The smallest absolute Gasteiger partial charge is 0.266 e. The van der Waals surface area contributed by atoms with Crippen LogP contribution < -0.4 is 14.8 Å². The second kappa shape index (κ2) is 8.90. The lowest BCUT2D eigenvalue weighted by molar-refractivity contribution is -0.112. The van der Waals surface area contributed by atoms with E-state index in [-0.39, 0.29) is 5.57 Å². The van der Waals surface area contributed by atoms with Crippen molar-refractivity contribution in [3.05, 3.63) is 58.1 Å². The molecular formula is C19H17BrN2O3. The molecule has 0 atom stereocenters. The average Bonchev–Trinajstić information content (AvgIpc) is 2.62. The Morgan fingerprint density at radius 3 is 2.56 bits per heavy atom. The van der Waals surface area contributed by atoms with E-state index in [1.165, 1.54) is 6.08 Å². The van der Waals surface area contributed by atoms with Crippen LogP contribution in [0.4, 0.5) is 5.69 Å². The normalized spacial score (nSPS) is 10.7. The summed E-state index contributed by atoms with van der Waals surface area (Å²) in [6.07, 6.45) is 1.53. The second-order valence-electron chi connectivity index (χ2n) is 4.98. The van der Waals surface area contributed by atoms with Gasteiger partial charge in [0.15, 0.2) is 0 Å². The van der Waals surface area contributed by atoms with Crippen molar-refractivity contribution in [1.82, 2.24) is 0 Å². The first-order chi connectivity index (χ1) is 12.1. The highest BCUT2D eigenvalue weighted by Crippen LogP contribution is 2.27. The Morgan fingerprint density at radius 2 is 2.00 bits per heavy atom. The predicted octanol–water partition coefficient (Wildman–Crippen LogP) is 4.40. The van der Waals surface area contributed by atoms with Gasteiger partial charge in [-0.05, 0) is 70.9 Å². The molecule has 6 heteroatoms. The van der Waals surface area contributed by atoms with Crippen molar-refractivity contribution in [2.45, 2.75) is 6.92 Å². The van der Waals surface area contributed by atoms with E-state index in [0.717, 1.165) is 10.0 Å². The summed E-state index contributed by atoms with van der Waals surface area (Å²) in [4.78, 5) is 12.3. The SMILES string of the molecule is CCOc1ccc(C=C(C#N)C(=O)Nc2ccc(OC)cc2)cc1Br. The predicted molar refractivity (Wildman–Crippen MR) is 101 cm³/mol. The first kappa shape index (κ1) is 18.6. The van der Waals surface area contributed by atoms with Crippen LogP contribution in [0.5, 0.6) is 11.5 Å². The molecule has 0 aromatic heterocycles. The first-order valence-electron chi connectivity index (χ1n) is 7.57. The quantitative estimate of drug-likeness (QED) is 0.575. The van der Waals surface area contributed by atoms with Crippen LogP contribution in [0.3, 0.4) is 0 Å². The largest absolute Gasteiger partial charge is 0.497 e. The van der Waals surface area contributed by atoms with Gasteiger partial charge in [0.05, 0.1) is 18.2 Å². The number of amides is 1. The molecule has 0 radical (unpaired) electrons. The number of nitriles is 1. The number of rotatable bonds is 6. The van der Waals surface area contributed by atoms with Crippen LogP contribution in [0.2, 0.25) is 0 Å². The zero-order valence-electron chi connectivity index (χ0n) is 13.9. The molecule has 0 spiro atoms. The second-order valence-corrected chi connectivity index (χ2v) is 5.83. The summed E-state index contributed by atoms with van der Waals surface area (Å²) in [7, 11) is 1.57. The lowest BCUT2D eigenvalue weighted by Crippen LogP contribution is -2.13. The Balaban J connectivity index is 2.17. The molecule has 2 rings (SSSR count). The van der Waals surface area contributed by atoms with Gasteiger partial charge >= 0.3 is 0 Å². The number of carbonyl (C=O) groups excluding carboxylic acids is 1. The zero-order valence-corrected chi connectivity index (χ0v) is 15.5. The monoisotopic (exact) mass is 400 g/mol. The van der Waals surface area contributed by atoms with Crippen molar-refractivity contribution in [2.24, 2.45) is 0 Å². The van der Waals surface area contributed by atoms with Crippen molar-refractivity contribution >= 4 is 33.6 Å². The summed E-state index contributed by atoms with van der Waals surface area (Å²) in [6, 6.07) is 14.2. The van der Waals surface area contributed by atoms with E-state index in [4.69, 9.17) is 9.47 Å². The molecule has 0 saturated carbocycles. The molecule has 2 aromatic carbocycles. The van der Waals surface area contributed by atoms with E-state index < -0.39 is 5.91 Å². The molecule has 0 saturated heterocycles. The lowest BCUT2D eigenvalue weighted by atomic mass is 10.1. The standard InChI is InChI=1S/C19H17BrN2O3/c1-3-25-18-9-4-13(11-17(18)20)10-14(12-21)19(23)22-15-5-7-16(24-2)8-6-15/h4-11H,3H2,1-2H3,(H,22,23). The third kappa shape index (κ3) is 5.10. The van der Waals surface area contributed by atoms with Crippen molar-refractivity contribution in [2.75, 3.05) is 19.0 Å². The fraction of sp³-hybridized carbons (Fsp3) is 0.158. The Bertz CT molecular complexity index is 824. The Hall–Kier alpha value is -2.78. The molecule has 0 unspecified atom stereocenters. The van der Waals surface area contributed by atoms with E-state index in [0.29, 0.717) is 23.8 Å². The van der Waals surface area contributed by atoms with Crippen LogP contribution in [0, 0.1) is 11.3 Å². The van der Waals surface area contributed by atoms with Gasteiger partial charge < -0.3 is 14.8 Å². The molecule has 0 aliphatic carbocycles. The molecule has 0 bridgehead atoms. The number of carbonyl (C=O) groups is 1. The summed E-state index contributed by atoms with van der Waals surface area (Å²) in [5.74, 6) is 0.923. The molecule has 1 N–H and O–H groups in total. The highest BCUT2D eigenvalue weighted by atomic mass is 79.9. The minimum Gasteiger partial charge on any atom is -0.497 e. The summed E-state index contributed by atoms with van der Waals surface area (Å²) >= 11 is 3.41. The van der Waals surface area contributed by atoms with E-state index in [1.807, 2.05) is 13.0 Å². The van der Waals surface area contributed by atoms with Crippen molar-refractivity contribution < 1.29 is 14.3 Å². The molecule has 5 nitrogen and oxygen atoms in total. The van der Waals surface area contributed by atoms with Crippen LogP contribution in [0.15, 0.2) is 52.5 Å². The molecule has 128 valence electrons. The Labute approximate surface area is 155 Å². The van der Waals surface area contributed by atoms with E-state index >= 15 is 0 Å². The van der Waals surface area contributed by atoms with Crippen molar-refractivity contribution in [3.63, 3.8) is 0 Å². The molecule has 1 amide bonds. The van der Waals surface area contributed by atoms with Crippen LogP contribution in [-0.2, 0) is 4.79 Å². The maximum Gasteiger partial charge on any atom is 0.266 e. The van der Waals surface area contributed by atoms with Crippen molar-refractivity contribution in [3.8, 4) is 17.6 Å². The first-order valence-corrected chi connectivity index (χ1v) is 8.36. The van der Waals surface area contributed by atoms with Gasteiger partial charge in [-0.2, -0.15) is 5.26 Å². The van der Waals surface area contributed by atoms with Crippen LogP contribution in [0.25, 0.3) is 6.08 Å². The van der Waals surface area contributed by atoms with E-state index in [9.17, 15) is 10.1 Å². The molecule has 0 aliphatic rings. The lowest BCUT2D eigenvalue weighted by Gasteiger charge is -2.07. The third-order valence-corrected chi connectivity index (χ3v) is 3.90. The van der Waals surface area contributed by atoms with E-state index in [2.05, 4.69) is 21.2 Å². The summed E-state index contributed by atoms with van der Waals surface area (Å²) in [5, 5.41) is 12.0. The summed E-state index contributed by atoms with van der Waals surface area (Å²) in [6.45, 7) is 2.46. The van der Waals surface area contributed by atoms with Gasteiger partial charge in [-0.1, -0.05) is 6.07 Å². The van der Waals surface area contributed by atoms with Gasteiger partial charge in [0.1, 0.15) is 23.1 Å². The van der Waals surface area contributed by atoms with E-state index in [1.54, 1.807) is 49.6 Å². The highest BCUT2D eigenvalue weighted by molar-refractivity contribution is 9.10. The fourth-order valence-electron chi connectivity index (χ4n) is 2.07. The number of ether oxygens (including phenoxy) is 2. The van der Waals surface area contributed by atoms with Gasteiger partial charge in [0.25, 0.3) is 5.91 Å². The van der Waals surface area contributed by atoms with Gasteiger partial charge in [-0.3, -0.25) is 4.79 Å². The van der Waals surface area contributed by atoms with Gasteiger partial charge in [0.2, 0.25) is 0 Å². The average molecular weight is 401 g/mol. The minimum absolute atomic E-state index is 0.00637. The number of halogens is 1. The van der Waals surface area contributed by atoms with Gasteiger partial charge in [-0.25, -0.2) is 0 Å². The topological polar surface area (TPSA) is 71.3 Å². The number of nitrogens with one attached hydrogen (secondary N) is 1. The van der Waals surface area contributed by atoms with Gasteiger partial charge in [-0.15, -0.1) is 0 Å². The van der Waals surface area contributed by atoms with Crippen molar-refractivity contribution in [1.29, 1.82) is 5.26 Å². The summed E-state index contributed by atoms with van der Waals surface area (Å²) < 4.78 is 11.3. The third-order valence-electron chi connectivity index (χ3n) is 3.28. The number of nitrogens with zero attached hydrogens (tertiary/aromatic N) is 1. The summed E-state index contributed by atoms with van der Waals surface area (Å²) in [5.41, 5.74) is 1.31. The zero-order chi connectivity index (χ0) is 18.2. The van der Waals surface area contributed by atoms with Crippen LogP contribution in [0.1, 0.15) is 12.5 Å². The molecule has 25 heavy (non-hydrogen) atoms. The maximum atomic E-state index is 12.3. The fourth-order valence-corrected chi connectivity index (χ4v) is 2.58. The Morgan fingerprint density at radius 1 is 1.28 bits per heavy atom. The highest BCUT2D eigenvalue weighted by Gasteiger charge is 2.10. The number of methoxy groups -OCH3 is 1. The van der Waals surface area contributed by atoms with Crippen LogP contribution >= 0.6 is 15.9 Å². The molecule has 2 aromatic rings. The number of hydrogen-bond donors (Lipinski definition) is 1. The van der Waals surface area contributed by atoms with Gasteiger partial charge in [0, 0.05) is 5.69 Å². The molecule has 0 aliphatic heterocycles. The molecule has 0 fully saturated rings. The molecule has 0 heterocycles. The number of anilines is 1. The number of hydrogen-bond acceptors (Lipinski definition) is 4. The molecular weight excluding hydrogens is 384 g/mol. The van der Waals surface area contributed by atoms with Crippen LogP contribution in [-0.4, -0.2) is 19.6 Å². The minimum atomic E-state index is -0.474.